The Morgan fingerprint density at radius 3 is 2.77 bits per heavy atom. The Kier molecular flexibility index (Phi) is 7.58. The minimum atomic E-state index is -3.47. The number of nitrogens with one attached hydrogen (secondary N) is 3. The Morgan fingerprint density at radius 1 is 1.23 bits per heavy atom. The van der Waals surface area contributed by atoms with Gasteiger partial charge in [0.1, 0.15) is 0 Å². The van der Waals surface area contributed by atoms with Crippen LogP contribution < -0.4 is 20.3 Å². The molecular formula is C21H28ClN5O2S. The van der Waals surface area contributed by atoms with Gasteiger partial charge in [-0.15, -0.1) is 0 Å². The Labute approximate surface area is 183 Å². The first kappa shape index (κ1) is 22.4. The van der Waals surface area contributed by atoms with E-state index in [1.165, 1.54) is 7.05 Å². The van der Waals surface area contributed by atoms with Gasteiger partial charge in [0.25, 0.3) is 0 Å². The molecule has 0 saturated carbocycles. The van der Waals surface area contributed by atoms with Crippen molar-refractivity contribution in [1.29, 1.82) is 0 Å². The van der Waals surface area contributed by atoms with Gasteiger partial charge in [-0.1, -0.05) is 29.8 Å². The Morgan fingerprint density at radius 2 is 2.03 bits per heavy atom. The highest BCUT2D eigenvalue weighted by atomic mass is 35.5. The number of sulfonamides is 1. The maximum absolute atomic E-state index is 12.0. The van der Waals surface area contributed by atoms with Crippen LogP contribution in [0, 0.1) is 0 Å². The lowest BCUT2D eigenvalue weighted by Crippen LogP contribution is -2.44. The molecule has 7 nitrogen and oxygen atoms in total. The minimum absolute atomic E-state index is 0.239. The molecule has 0 aromatic heterocycles. The Bertz CT molecular complexity index is 996. The van der Waals surface area contributed by atoms with E-state index >= 15 is 0 Å². The molecule has 0 amide bonds. The fourth-order valence-corrected chi connectivity index (χ4v) is 4.38. The summed E-state index contributed by atoms with van der Waals surface area (Å²) >= 11 is 6.12. The summed E-state index contributed by atoms with van der Waals surface area (Å²) in [6.45, 7) is 4.95. The van der Waals surface area contributed by atoms with E-state index in [2.05, 4.69) is 31.3 Å². The SMILES string of the molecule is CCNC(=NCc1cccc(S(=O)(=O)NC)c1)NC1CCN(c2cccc(Cl)c2)C1. The summed E-state index contributed by atoms with van der Waals surface area (Å²) in [6.07, 6.45) is 0.993. The van der Waals surface area contributed by atoms with E-state index in [0.717, 1.165) is 48.3 Å². The monoisotopic (exact) mass is 449 g/mol. The fraction of sp³-hybridized carbons (Fsp3) is 0.381. The van der Waals surface area contributed by atoms with E-state index in [1.54, 1.807) is 18.2 Å². The second kappa shape index (κ2) is 10.1. The lowest BCUT2D eigenvalue weighted by atomic mass is 10.2. The van der Waals surface area contributed by atoms with Crippen LogP contribution in [-0.4, -0.2) is 47.1 Å². The maximum Gasteiger partial charge on any atom is 0.240 e. The number of aliphatic imine (C=N–C) groups is 1. The molecule has 0 spiro atoms. The van der Waals surface area contributed by atoms with E-state index in [1.807, 2.05) is 31.2 Å². The van der Waals surface area contributed by atoms with Gasteiger partial charge in [-0.2, -0.15) is 0 Å². The van der Waals surface area contributed by atoms with E-state index < -0.39 is 10.0 Å². The molecule has 0 bridgehead atoms. The summed E-state index contributed by atoms with van der Waals surface area (Å²) in [5.74, 6) is 0.720. The summed E-state index contributed by atoms with van der Waals surface area (Å²) in [5, 5.41) is 7.50. The van der Waals surface area contributed by atoms with Gasteiger partial charge >= 0.3 is 0 Å². The summed E-state index contributed by atoms with van der Waals surface area (Å²) in [7, 11) is -2.06. The number of guanidine groups is 1. The standard InChI is InChI=1S/C21H28ClN5O2S/c1-3-24-21(25-14-16-6-4-9-20(12-16)30(28,29)23-2)26-18-10-11-27(15-18)19-8-5-7-17(22)13-19/h4-9,12-13,18,23H,3,10-11,14-15H2,1-2H3,(H2,24,25,26). The highest BCUT2D eigenvalue weighted by molar-refractivity contribution is 7.89. The zero-order valence-electron chi connectivity index (χ0n) is 17.2. The normalized spacial score (nSPS) is 17.2. The number of halogens is 1. The number of benzene rings is 2. The minimum Gasteiger partial charge on any atom is -0.369 e. The van der Waals surface area contributed by atoms with Gasteiger partial charge in [-0.3, -0.25) is 0 Å². The van der Waals surface area contributed by atoms with E-state index in [-0.39, 0.29) is 10.9 Å². The molecule has 1 aliphatic rings. The number of hydrogen-bond donors (Lipinski definition) is 3. The van der Waals surface area contributed by atoms with Crippen LogP contribution in [0.5, 0.6) is 0 Å². The number of hydrogen-bond acceptors (Lipinski definition) is 4. The molecule has 1 aliphatic heterocycles. The Hall–Kier alpha value is -2.29. The summed E-state index contributed by atoms with van der Waals surface area (Å²) in [4.78, 5) is 7.19. The van der Waals surface area contributed by atoms with Gasteiger partial charge in [-0.05, 0) is 56.3 Å². The van der Waals surface area contributed by atoms with Crippen molar-refractivity contribution in [1.82, 2.24) is 15.4 Å². The molecule has 30 heavy (non-hydrogen) atoms. The highest BCUT2D eigenvalue weighted by Crippen LogP contribution is 2.23. The van der Waals surface area contributed by atoms with Crippen molar-refractivity contribution in [2.24, 2.45) is 4.99 Å². The topological polar surface area (TPSA) is 85.8 Å². The molecule has 1 unspecified atom stereocenters. The number of anilines is 1. The first-order valence-corrected chi connectivity index (χ1v) is 11.8. The highest BCUT2D eigenvalue weighted by Gasteiger charge is 2.23. The molecule has 1 saturated heterocycles. The van der Waals surface area contributed by atoms with Gasteiger partial charge < -0.3 is 15.5 Å². The molecule has 1 heterocycles. The van der Waals surface area contributed by atoms with Crippen molar-refractivity contribution in [2.75, 3.05) is 31.6 Å². The first-order chi connectivity index (χ1) is 14.4. The zero-order chi connectivity index (χ0) is 21.6. The van der Waals surface area contributed by atoms with Crippen LogP contribution in [0.3, 0.4) is 0 Å². The van der Waals surface area contributed by atoms with Crippen molar-refractivity contribution in [3.8, 4) is 0 Å². The van der Waals surface area contributed by atoms with Crippen LogP contribution >= 0.6 is 11.6 Å². The second-order valence-electron chi connectivity index (χ2n) is 7.11. The van der Waals surface area contributed by atoms with Gasteiger partial charge in [0.05, 0.1) is 11.4 Å². The summed E-state index contributed by atoms with van der Waals surface area (Å²) in [5.41, 5.74) is 1.95. The van der Waals surface area contributed by atoms with E-state index in [0.29, 0.717) is 6.54 Å². The second-order valence-corrected chi connectivity index (χ2v) is 9.43. The number of rotatable bonds is 7. The lowest BCUT2D eigenvalue weighted by molar-refractivity contribution is 0.588. The third kappa shape index (κ3) is 5.87. The molecule has 9 heteroatoms. The average Bonchev–Trinajstić information content (AvgIpc) is 3.21. The van der Waals surface area contributed by atoms with Crippen LogP contribution in [-0.2, 0) is 16.6 Å². The van der Waals surface area contributed by atoms with Crippen LogP contribution in [0.15, 0.2) is 58.4 Å². The average molecular weight is 450 g/mol. The van der Waals surface area contributed by atoms with Crippen LogP contribution in [0.1, 0.15) is 18.9 Å². The molecule has 1 fully saturated rings. The molecule has 2 aromatic rings. The van der Waals surface area contributed by atoms with Crippen molar-refractivity contribution in [3.05, 3.63) is 59.1 Å². The molecule has 0 aliphatic carbocycles. The molecular weight excluding hydrogens is 422 g/mol. The van der Waals surface area contributed by atoms with E-state index in [9.17, 15) is 8.42 Å². The molecule has 2 aromatic carbocycles. The van der Waals surface area contributed by atoms with Crippen molar-refractivity contribution in [2.45, 2.75) is 30.8 Å². The lowest BCUT2D eigenvalue weighted by Gasteiger charge is -2.20. The van der Waals surface area contributed by atoms with E-state index in [4.69, 9.17) is 11.6 Å². The van der Waals surface area contributed by atoms with Crippen molar-refractivity contribution in [3.63, 3.8) is 0 Å². The Balaban J connectivity index is 1.65. The van der Waals surface area contributed by atoms with Crippen LogP contribution in [0.25, 0.3) is 0 Å². The van der Waals surface area contributed by atoms with Crippen LogP contribution in [0.4, 0.5) is 5.69 Å². The molecule has 162 valence electrons. The summed E-state index contributed by atoms with van der Waals surface area (Å²) in [6, 6.07) is 15.0. The predicted molar refractivity (Wildman–Crippen MR) is 123 cm³/mol. The zero-order valence-corrected chi connectivity index (χ0v) is 18.8. The summed E-state index contributed by atoms with van der Waals surface area (Å²) < 4.78 is 26.4. The van der Waals surface area contributed by atoms with Gasteiger partial charge in [-0.25, -0.2) is 18.1 Å². The van der Waals surface area contributed by atoms with Crippen LogP contribution in [0.2, 0.25) is 5.02 Å². The molecule has 3 N–H and O–H groups in total. The van der Waals surface area contributed by atoms with Crippen molar-refractivity contribution < 1.29 is 8.42 Å². The molecule has 1 atom stereocenters. The number of nitrogens with zero attached hydrogens (tertiary/aromatic N) is 2. The van der Waals surface area contributed by atoms with Gasteiger partial charge in [0.15, 0.2) is 5.96 Å². The molecule has 3 rings (SSSR count). The fourth-order valence-electron chi connectivity index (χ4n) is 3.40. The quantitative estimate of drug-likeness (QED) is 0.447. The largest absolute Gasteiger partial charge is 0.369 e. The smallest absolute Gasteiger partial charge is 0.240 e. The maximum atomic E-state index is 12.0. The first-order valence-electron chi connectivity index (χ1n) is 9.99. The molecule has 0 radical (unpaired) electrons. The van der Waals surface area contributed by atoms with Gasteiger partial charge in [0, 0.05) is 36.4 Å². The van der Waals surface area contributed by atoms with Crippen molar-refractivity contribution >= 4 is 33.3 Å². The third-order valence-electron chi connectivity index (χ3n) is 4.94. The predicted octanol–water partition coefficient (Wildman–Crippen LogP) is 2.58. The third-order valence-corrected chi connectivity index (χ3v) is 6.59. The van der Waals surface area contributed by atoms with Gasteiger partial charge in [0.2, 0.25) is 10.0 Å².